The molecule has 0 atom stereocenters. The minimum atomic E-state index is 0. The van der Waals surface area contributed by atoms with E-state index >= 15 is 0 Å². The summed E-state index contributed by atoms with van der Waals surface area (Å²) in [6.45, 7) is 0. The molecule has 0 aromatic heterocycles. The van der Waals surface area contributed by atoms with Crippen molar-refractivity contribution >= 4 is 38.7 Å². The van der Waals surface area contributed by atoms with Crippen LogP contribution in [-0.2, 0) is 38.7 Å². The molecule has 0 aliphatic carbocycles. The zero-order chi connectivity index (χ0) is 2.00. The Labute approximate surface area is 76.5 Å². The van der Waals surface area contributed by atoms with Crippen molar-refractivity contribution in [1.82, 2.24) is 0 Å². The first-order chi connectivity index (χ1) is 1.00. The Bertz CT molecular complexity index is 11.6. The van der Waals surface area contributed by atoms with Crippen molar-refractivity contribution in [2.75, 3.05) is 0 Å². The fourth-order valence-corrected chi connectivity index (χ4v) is 0. The van der Waals surface area contributed by atoms with Crippen LogP contribution < -0.4 is 0 Å². The summed E-state index contributed by atoms with van der Waals surface area (Å²) < 4.78 is 8.06. The number of hydrogen-bond donors (Lipinski definition) is 0. The second-order valence-corrected chi connectivity index (χ2v) is 0. The van der Waals surface area contributed by atoms with Crippen LogP contribution in [0, 0.1) is 0 Å². The monoisotopic (exact) mass is 183 g/mol. The molecular weight excluding hydrogens is 181 g/mol. The Balaban J connectivity index is -0.00000000167. The molecule has 5 heteroatoms. The molecule has 0 spiro atoms. The van der Waals surface area contributed by atoms with E-state index in [-0.39, 0.29) is 63.7 Å². The first-order valence-corrected chi connectivity index (χ1v) is 0.612. The van der Waals surface area contributed by atoms with E-state index in [0.717, 1.165) is 0 Å². The fraction of sp³-hybridized carbons (Fsp3) is 0. The SMILES string of the molecule is O=P.[Fe].[Mn].[NaH]. The molecule has 0 heterocycles. The molecule has 0 aliphatic heterocycles. The van der Waals surface area contributed by atoms with Crippen LogP contribution in [-0.4, -0.2) is 29.6 Å². The van der Waals surface area contributed by atoms with Gasteiger partial charge in [-0.2, -0.15) is 0 Å². The van der Waals surface area contributed by atoms with Gasteiger partial charge in [0.25, 0.3) is 0 Å². The Morgan fingerprint density at radius 1 is 1.20 bits per heavy atom. The summed E-state index contributed by atoms with van der Waals surface area (Å²) in [4.78, 5) is 0. The van der Waals surface area contributed by atoms with E-state index in [0.29, 0.717) is 0 Å². The van der Waals surface area contributed by atoms with Gasteiger partial charge in [-0.25, -0.2) is 0 Å². The molecule has 29 valence electrons. The van der Waals surface area contributed by atoms with Gasteiger partial charge in [-0.05, 0) is 0 Å². The van der Waals surface area contributed by atoms with E-state index in [1.54, 1.807) is 9.12 Å². The van der Waals surface area contributed by atoms with Crippen LogP contribution in [0.2, 0.25) is 0 Å². The Morgan fingerprint density at radius 2 is 1.20 bits per heavy atom. The summed E-state index contributed by atoms with van der Waals surface area (Å²) in [6.07, 6.45) is 0. The summed E-state index contributed by atoms with van der Waals surface area (Å²) in [5.74, 6) is 0. The number of hydrogen-bond acceptors (Lipinski definition) is 1. The van der Waals surface area contributed by atoms with Gasteiger partial charge in [0.15, 0.2) is 0 Å². The molecule has 0 amide bonds. The Kier molecular flexibility index (Phi) is 194. The van der Waals surface area contributed by atoms with E-state index in [9.17, 15) is 0 Å². The summed E-state index contributed by atoms with van der Waals surface area (Å²) in [5, 5.41) is 0. The van der Waals surface area contributed by atoms with Crippen molar-refractivity contribution in [3.63, 3.8) is 0 Å². The van der Waals surface area contributed by atoms with E-state index < -0.39 is 0 Å². The summed E-state index contributed by atoms with van der Waals surface area (Å²) in [5.41, 5.74) is 0. The molecule has 1 nitrogen and oxygen atoms in total. The molecule has 0 saturated carbocycles. The molecule has 0 saturated heterocycles. The van der Waals surface area contributed by atoms with Gasteiger partial charge >= 0.3 is 29.6 Å². The topological polar surface area (TPSA) is 17.1 Å². The molecule has 0 N–H and O–H groups in total. The van der Waals surface area contributed by atoms with E-state index in [2.05, 4.69) is 0 Å². The minimum absolute atomic E-state index is 0. The van der Waals surface area contributed by atoms with Crippen molar-refractivity contribution in [2.45, 2.75) is 0 Å². The third-order valence-electron chi connectivity index (χ3n) is 0. The van der Waals surface area contributed by atoms with E-state index in [1.807, 2.05) is 0 Å². The van der Waals surface area contributed by atoms with Crippen LogP contribution in [0.4, 0.5) is 0 Å². The molecular formula is H2FeMnNaOP. The third kappa shape index (κ3) is 23.0. The maximum absolute atomic E-state index is 8.06. The predicted molar refractivity (Wildman–Crippen MR) is 16.2 cm³/mol. The molecule has 0 rings (SSSR count). The molecule has 0 bridgehead atoms. The van der Waals surface area contributed by atoms with Gasteiger partial charge in [0, 0.05) is 34.1 Å². The zero-order valence-electron chi connectivity index (χ0n) is 1.64. The van der Waals surface area contributed by atoms with Crippen LogP contribution in [0.3, 0.4) is 0 Å². The van der Waals surface area contributed by atoms with E-state index in [1.165, 1.54) is 0 Å². The van der Waals surface area contributed by atoms with E-state index in [4.69, 9.17) is 4.57 Å². The molecule has 0 fully saturated rings. The van der Waals surface area contributed by atoms with Gasteiger partial charge in [-0.15, -0.1) is 0 Å². The molecule has 0 unspecified atom stereocenters. The summed E-state index contributed by atoms with van der Waals surface area (Å²) >= 11 is 0. The van der Waals surface area contributed by atoms with Crippen LogP contribution in [0.15, 0.2) is 0 Å². The Morgan fingerprint density at radius 3 is 1.20 bits per heavy atom. The zero-order valence-corrected chi connectivity index (χ0v) is 4.92. The number of rotatable bonds is 0. The second-order valence-electron chi connectivity index (χ2n) is 0. The normalized spacial score (nSPS) is 0.800. The van der Waals surface area contributed by atoms with Crippen molar-refractivity contribution in [1.29, 1.82) is 0 Å². The van der Waals surface area contributed by atoms with Crippen molar-refractivity contribution in [3.8, 4) is 0 Å². The van der Waals surface area contributed by atoms with Gasteiger partial charge in [0.2, 0.25) is 0 Å². The molecule has 5 heavy (non-hydrogen) atoms. The van der Waals surface area contributed by atoms with Gasteiger partial charge in [0.05, 0.1) is 0 Å². The van der Waals surface area contributed by atoms with Crippen molar-refractivity contribution in [2.24, 2.45) is 0 Å². The average molecular weight is 183 g/mol. The Hall–Kier alpha value is 2.14. The predicted octanol–water partition coefficient (Wildman–Crippen LogP) is -0.179. The van der Waals surface area contributed by atoms with Crippen LogP contribution in [0.5, 0.6) is 0 Å². The summed E-state index contributed by atoms with van der Waals surface area (Å²) in [7, 11) is 1.72. The average Bonchev–Trinajstić information content (AvgIpc) is 1.00. The molecule has 1 radical (unpaired) electrons. The van der Waals surface area contributed by atoms with Crippen molar-refractivity contribution < 1.29 is 38.7 Å². The first-order valence-electron chi connectivity index (χ1n) is 0.204. The van der Waals surface area contributed by atoms with Crippen molar-refractivity contribution in [3.05, 3.63) is 0 Å². The molecule has 0 aromatic rings. The van der Waals surface area contributed by atoms with Crippen LogP contribution >= 0.6 is 9.12 Å². The van der Waals surface area contributed by atoms with Gasteiger partial charge < -0.3 is 0 Å². The van der Waals surface area contributed by atoms with Gasteiger partial charge in [0.1, 0.15) is 9.12 Å². The quantitative estimate of drug-likeness (QED) is 0.376. The summed E-state index contributed by atoms with van der Waals surface area (Å²) in [6, 6.07) is 0. The van der Waals surface area contributed by atoms with Gasteiger partial charge in [-0.1, -0.05) is 0 Å². The van der Waals surface area contributed by atoms with Crippen LogP contribution in [0.25, 0.3) is 0 Å². The molecule has 0 aliphatic rings. The van der Waals surface area contributed by atoms with Gasteiger partial charge in [-0.3, -0.25) is 4.57 Å². The molecule has 0 aromatic carbocycles. The third-order valence-corrected chi connectivity index (χ3v) is 0. The maximum atomic E-state index is 8.06. The van der Waals surface area contributed by atoms with Crippen LogP contribution in [0.1, 0.15) is 0 Å². The second kappa shape index (κ2) is 35.4. The standard InChI is InChI=1S/Fe.Mn.Na.HOP.H/c;;;1-2;/h;;;2H;. The first kappa shape index (κ1) is 27.3. The fourth-order valence-electron chi connectivity index (χ4n) is 0.